The second kappa shape index (κ2) is 7.43. The number of carbonyl (C=O) groups excluding carboxylic acids is 4. The fourth-order valence-electron chi connectivity index (χ4n) is 4.71. The lowest BCUT2D eigenvalue weighted by molar-refractivity contribution is -0.125. The Morgan fingerprint density at radius 1 is 1.06 bits per heavy atom. The molecule has 2 aromatic carbocycles. The van der Waals surface area contributed by atoms with Gasteiger partial charge in [0.2, 0.25) is 5.91 Å². The first-order valence-electron chi connectivity index (χ1n) is 10.7. The van der Waals surface area contributed by atoms with Gasteiger partial charge in [0.05, 0.1) is 5.69 Å². The van der Waals surface area contributed by atoms with Crippen LogP contribution in [0.25, 0.3) is 0 Å². The summed E-state index contributed by atoms with van der Waals surface area (Å²) in [6.07, 6.45) is -0.857. The number of benzene rings is 2. The van der Waals surface area contributed by atoms with E-state index in [4.69, 9.17) is 4.74 Å². The van der Waals surface area contributed by atoms with Crippen molar-refractivity contribution in [3.05, 3.63) is 59.2 Å². The number of nitrogens with one attached hydrogen (secondary N) is 1. The molecule has 1 unspecified atom stereocenters. The maximum absolute atomic E-state index is 13.9. The van der Waals surface area contributed by atoms with Gasteiger partial charge in [-0.25, -0.2) is 4.79 Å². The Balaban J connectivity index is 1.97. The van der Waals surface area contributed by atoms with Crippen molar-refractivity contribution in [3.8, 4) is 0 Å². The number of para-hydroxylation sites is 1. The molecule has 172 valence electrons. The number of hydrogen-bond donors (Lipinski definition) is 1. The molecule has 3 amide bonds. The molecular weight excluding hydrogens is 422 g/mol. The van der Waals surface area contributed by atoms with E-state index in [0.29, 0.717) is 22.5 Å². The van der Waals surface area contributed by atoms with Crippen LogP contribution in [0.3, 0.4) is 0 Å². The number of fused-ring (bicyclic) bond motifs is 2. The predicted molar refractivity (Wildman–Crippen MR) is 123 cm³/mol. The lowest BCUT2D eigenvalue weighted by Gasteiger charge is -2.38. The highest BCUT2D eigenvalue weighted by molar-refractivity contribution is 6.23. The van der Waals surface area contributed by atoms with Gasteiger partial charge in [-0.1, -0.05) is 29.8 Å². The average molecular weight is 450 g/mol. The number of alkyl carbamates (subject to hydrolysis) is 1. The quantitative estimate of drug-likeness (QED) is 0.759. The van der Waals surface area contributed by atoms with Crippen LogP contribution >= 0.6 is 0 Å². The molecule has 2 heterocycles. The lowest BCUT2D eigenvalue weighted by Crippen LogP contribution is -2.66. The summed E-state index contributed by atoms with van der Waals surface area (Å²) in [5, 5.41) is 2.72. The highest BCUT2D eigenvalue weighted by Crippen LogP contribution is 2.48. The smallest absolute Gasteiger partial charge is 0.408 e. The first-order chi connectivity index (χ1) is 15.4. The Kier molecular flexibility index (Phi) is 5.07. The summed E-state index contributed by atoms with van der Waals surface area (Å²) in [6, 6.07) is 10.8. The van der Waals surface area contributed by atoms with Crippen LogP contribution in [0.4, 0.5) is 16.2 Å². The molecule has 0 spiro atoms. The average Bonchev–Trinajstić information content (AvgIpc) is 3.12. The minimum Gasteiger partial charge on any atom is -0.444 e. The number of amides is 3. The second-order valence-corrected chi connectivity index (χ2v) is 9.49. The Labute approximate surface area is 192 Å². The maximum atomic E-state index is 13.9. The monoisotopic (exact) mass is 449 g/mol. The highest BCUT2D eigenvalue weighted by Gasteiger charge is 2.63. The molecule has 8 nitrogen and oxygen atoms in total. The molecule has 0 saturated carbocycles. The zero-order valence-electron chi connectivity index (χ0n) is 19.6. The van der Waals surface area contributed by atoms with Crippen molar-refractivity contribution in [1.82, 2.24) is 5.32 Å². The topological polar surface area (TPSA) is 96.0 Å². The molecule has 0 aliphatic carbocycles. The molecule has 2 aliphatic heterocycles. The van der Waals surface area contributed by atoms with Gasteiger partial charge in [0.15, 0.2) is 11.3 Å². The number of nitrogens with zero attached hydrogens (tertiary/aromatic N) is 2. The standard InChI is InChI=1S/C25H27N3O5/c1-14-11-12-18-16(13-14)20(30)21(28(18)15(2)29)25(26-23(32)33-24(3,4)5)17-9-7-8-10-19(17)27(6)22(25)31/h7-13,21H,1-6H3,(H,26,32)/t21?,25-/m0/s1. The summed E-state index contributed by atoms with van der Waals surface area (Å²) >= 11 is 0. The molecule has 0 radical (unpaired) electrons. The van der Waals surface area contributed by atoms with Crippen molar-refractivity contribution in [2.24, 2.45) is 0 Å². The van der Waals surface area contributed by atoms with Gasteiger partial charge in [0.1, 0.15) is 11.6 Å². The molecular formula is C25H27N3O5. The van der Waals surface area contributed by atoms with Crippen molar-refractivity contribution < 1.29 is 23.9 Å². The number of ether oxygens (including phenoxy) is 1. The van der Waals surface area contributed by atoms with Crippen molar-refractivity contribution in [2.45, 2.75) is 51.8 Å². The summed E-state index contributed by atoms with van der Waals surface area (Å²) < 4.78 is 5.47. The second-order valence-electron chi connectivity index (χ2n) is 9.49. The summed E-state index contributed by atoms with van der Waals surface area (Å²) in [4.78, 5) is 56.3. The van der Waals surface area contributed by atoms with Gasteiger partial charge in [-0.3, -0.25) is 19.3 Å². The Morgan fingerprint density at radius 2 is 1.73 bits per heavy atom. The van der Waals surface area contributed by atoms with E-state index in [9.17, 15) is 19.2 Å². The first kappa shape index (κ1) is 22.5. The van der Waals surface area contributed by atoms with E-state index in [1.165, 1.54) is 16.7 Å². The zero-order chi connectivity index (χ0) is 24.3. The Morgan fingerprint density at radius 3 is 2.36 bits per heavy atom. The van der Waals surface area contributed by atoms with Crippen LogP contribution in [0.2, 0.25) is 0 Å². The third-order valence-electron chi connectivity index (χ3n) is 5.96. The summed E-state index contributed by atoms with van der Waals surface area (Å²) in [5.41, 5.74) is -0.134. The molecule has 0 fully saturated rings. The van der Waals surface area contributed by atoms with E-state index < -0.39 is 40.9 Å². The highest BCUT2D eigenvalue weighted by atomic mass is 16.6. The fraction of sp³-hybridized carbons (Fsp3) is 0.360. The molecule has 4 rings (SSSR count). The third kappa shape index (κ3) is 3.37. The normalized spacial score (nSPS) is 21.7. The van der Waals surface area contributed by atoms with E-state index >= 15 is 0 Å². The van der Waals surface area contributed by atoms with Crippen LogP contribution in [-0.4, -0.2) is 42.4 Å². The van der Waals surface area contributed by atoms with Gasteiger partial charge in [0.25, 0.3) is 5.91 Å². The van der Waals surface area contributed by atoms with Gasteiger partial charge >= 0.3 is 6.09 Å². The zero-order valence-corrected chi connectivity index (χ0v) is 19.6. The van der Waals surface area contributed by atoms with Crippen molar-refractivity contribution in [1.29, 1.82) is 0 Å². The van der Waals surface area contributed by atoms with Gasteiger partial charge in [-0.05, 0) is 45.9 Å². The van der Waals surface area contributed by atoms with E-state index in [1.54, 1.807) is 70.3 Å². The van der Waals surface area contributed by atoms with Crippen LogP contribution < -0.4 is 15.1 Å². The molecule has 0 bridgehead atoms. The van der Waals surface area contributed by atoms with E-state index in [0.717, 1.165) is 5.56 Å². The summed E-state index contributed by atoms with van der Waals surface area (Å²) in [6.45, 7) is 8.30. The number of likely N-dealkylation sites (N-methyl/N-ethyl adjacent to an activating group) is 1. The number of anilines is 2. The Bertz CT molecular complexity index is 1200. The minimum atomic E-state index is -1.86. The molecule has 8 heteroatoms. The third-order valence-corrected chi connectivity index (χ3v) is 5.96. The van der Waals surface area contributed by atoms with Gasteiger partial charge < -0.3 is 15.0 Å². The minimum absolute atomic E-state index is 0.334. The number of carbonyl (C=O) groups is 4. The number of ketones is 1. The molecule has 2 aromatic rings. The molecule has 0 aromatic heterocycles. The molecule has 1 N–H and O–H groups in total. The number of rotatable bonds is 2. The molecule has 2 aliphatic rings. The maximum Gasteiger partial charge on any atom is 0.408 e. The lowest BCUT2D eigenvalue weighted by atomic mass is 9.81. The van der Waals surface area contributed by atoms with Crippen molar-refractivity contribution >= 4 is 35.1 Å². The van der Waals surface area contributed by atoms with E-state index in [-0.39, 0.29) is 0 Å². The van der Waals surface area contributed by atoms with Gasteiger partial charge in [-0.2, -0.15) is 0 Å². The van der Waals surface area contributed by atoms with Gasteiger partial charge in [0, 0.05) is 30.8 Å². The van der Waals surface area contributed by atoms with Crippen molar-refractivity contribution in [2.75, 3.05) is 16.8 Å². The van der Waals surface area contributed by atoms with E-state index in [1.807, 2.05) is 6.92 Å². The molecule has 2 atom stereocenters. The van der Waals surface area contributed by atoms with Crippen LogP contribution in [0, 0.1) is 6.92 Å². The first-order valence-corrected chi connectivity index (χ1v) is 10.7. The van der Waals surface area contributed by atoms with Crippen LogP contribution in [0.15, 0.2) is 42.5 Å². The van der Waals surface area contributed by atoms with E-state index in [2.05, 4.69) is 5.32 Å². The van der Waals surface area contributed by atoms with Crippen LogP contribution in [0.1, 0.15) is 49.2 Å². The van der Waals surface area contributed by atoms with Gasteiger partial charge in [-0.15, -0.1) is 0 Å². The summed E-state index contributed by atoms with van der Waals surface area (Å²) in [5.74, 6) is -1.36. The predicted octanol–water partition coefficient (Wildman–Crippen LogP) is 3.31. The van der Waals surface area contributed by atoms with Crippen LogP contribution in [-0.2, 0) is 19.9 Å². The van der Waals surface area contributed by atoms with Crippen molar-refractivity contribution in [3.63, 3.8) is 0 Å². The molecule has 33 heavy (non-hydrogen) atoms. The Hall–Kier alpha value is -3.68. The number of hydrogen-bond acceptors (Lipinski definition) is 5. The SMILES string of the molecule is CC(=O)N1c2ccc(C)cc2C(=O)C1[C@]1(NC(=O)OC(C)(C)C)C(=O)N(C)c2ccccc21. The fourth-order valence-corrected chi connectivity index (χ4v) is 4.71. The largest absolute Gasteiger partial charge is 0.444 e. The van der Waals surface area contributed by atoms with Crippen LogP contribution in [0.5, 0.6) is 0 Å². The summed E-state index contributed by atoms with van der Waals surface area (Å²) in [7, 11) is 1.58. The number of aryl methyl sites for hydroxylation is 1. The molecule has 0 saturated heterocycles. The number of Topliss-reactive ketones (excluding diaryl/α,β-unsaturated/α-hetero) is 1.